The fourth-order valence-electron chi connectivity index (χ4n) is 0.538. The molecule has 0 aliphatic heterocycles. The van der Waals surface area contributed by atoms with Crippen LogP contribution in [0.4, 0.5) is 0 Å². The Hall–Kier alpha value is 0.656. The predicted molar refractivity (Wildman–Crippen MR) is 30.6 cm³/mol. The molecule has 0 aliphatic carbocycles. The Kier molecular flexibility index (Phi) is 4.79. The van der Waals surface area contributed by atoms with Crippen molar-refractivity contribution in [2.45, 2.75) is 6.92 Å². The molecular formula is C7H7KO. The third-order valence-electron chi connectivity index (χ3n) is 1.02. The van der Waals surface area contributed by atoms with E-state index in [1.807, 2.05) is 19.1 Å². The smallest absolute Gasteiger partial charge is 0.872 e. The van der Waals surface area contributed by atoms with E-state index >= 15 is 0 Å². The van der Waals surface area contributed by atoms with E-state index in [2.05, 4.69) is 0 Å². The molecule has 0 atom stereocenters. The first-order valence-electron chi connectivity index (χ1n) is 2.53. The maximum absolute atomic E-state index is 10.4. The molecule has 1 aromatic rings. The van der Waals surface area contributed by atoms with Gasteiger partial charge in [-0.25, -0.2) is 0 Å². The van der Waals surface area contributed by atoms with E-state index in [-0.39, 0.29) is 57.1 Å². The van der Waals surface area contributed by atoms with Crippen molar-refractivity contribution in [3.05, 3.63) is 29.8 Å². The molecule has 2 heteroatoms. The summed E-state index contributed by atoms with van der Waals surface area (Å²) in [6, 6.07) is 6.75. The van der Waals surface area contributed by atoms with Crippen molar-refractivity contribution in [2.75, 3.05) is 0 Å². The van der Waals surface area contributed by atoms with Crippen molar-refractivity contribution >= 4 is 0 Å². The molecule has 9 heavy (non-hydrogen) atoms. The van der Waals surface area contributed by atoms with Crippen molar-refractivity contribution < 1.29 is 56.5 Å². The molecule has 0 unspecified atom stereocenters. The molecule has 1 aromatic carbocycles. The van der Waals surface area contributed by atoms with Crippen LogP contribution in [-0.2, 0) is 0 Å². The van der Waals surface area contributed by atoms with Crippen LogP contribution in [0.15, 0.2) is 24.3 Å². The zero-order valence-electron chi connectivity index (χ0n) is 5.72. The Morgan fingerprint density at radius 1 is 1.11 bits per heavy atom. The largest absolute Gasteiger partial charge is 1.00 e. The Morgan fingerprint density at radius 3 is 1.89 bits per heavy atom. The van der Waals surface area contributed by atoms with E-state index in [0.717, 1.165) is 5.56 Å². The van der Waals surface area contributed by atoms with Crippen molar-refractivity contribution in [2.24, 2.45) is 0 Å². The molecule has 1 rings (SSSR count). The molecule has 0 spiro atoms. The maximum atomic E-state index is 10.4. The molecule has 0 N–H and O–H groups in total. The van der Waals surface area contributed by atoms with Crippen molar-refractivity contribution in [1.29, 1.82) is 0 Å². The van der Waals surface area contributed by atoms with Crippen molar-refractivity contribution in [3.8, 4) is 5.75 Å². The third kappa shape index (κ3) is 3.38. The normalized spacial score (nSPS) is 8.11. The van der Waals surface area contributed by atoms with Gasteiger partial charge >= 0.3 is 51.4 Å². The number of hydrogen-bond acceptors (Lipinski definition) is 1. The van der Waals surface area contributed by atoms with E-state index in [4.69, 9.17) is 0 Å². The van der Waals surface area contributed by atoms with Gasteiger partial charge in [0.25, 0.3) is 0 Å². The molecule has 42 valence electrons. The summed E-state index contributed by atoms with van der Waals surface area (Å²) in [6.07, 6.45) is 0. The molecule has 0 saturated heterocycles. The van der Waals surface area contributed by atoms with Gasteiger partial charge in [0.05, 0.1) is 0 Å². The van der Waals surface area contributed by atoms with Crippen LogP contribution < -0.4 is 56.5 Å². The Bertz CT molecular complexity index is 148. The molecule has 0 radical (unpaired) electrons. The fourth-order valence-corrected chi connectivity index (χ4v) is 0.538. The zero-order chi connectivity index (χ0) is 5.98. The van der Waals surface area contributed by atoms with Crippen molar-refractivity contribution in [1.82, 2.24) is 0 Å². The average molecular weight is 146 g/mol. The predicted octanol–water partition coefficient (Wildman–Crippen LogP) is -1.93. The standard InChI is InChI=1S/C7H8O.K/c1-6-2-4-7(8)5-3-6;/h2-5,8H,1H3;/q;+1/p-1. The third-order valence-corrected chi connectivity index (χ3v) is 1.02. The van der Waals surface area contributed by atoms with Crippen LogP contribution in [0.5, 0.6) is 5.75 Å². The topological polar surface area (TPSA) is 23.1 Å². The monoisotopic (exact) mass is 146 g/mol. The summed E-state index contributed by atoms with van der Waals surface area (Å²) in [5.41, 5.74) is 1.13. The van der Waals surface area contributed by atoms with Crippen LogP contribution in [0, 0.1) is 6.92 Å². The quantitative estimate of drug-likeness (QED) is 0.391. The first-order chi connectivity index (χ1) is 3.79. The molecule has 0 amide bonds. The average Bonchev–Trinajstić information content (AvgIpc) is 1.77. The summed E-state index contributed by atoms with van der Waals surface area (Å²) in [5, 5.41) is 10.4. The summed E-state index contributed by atoms with van der Waals surface area (Å²) in [4.78, 5) is 0. The fraction of sp³-hybridized carbons (Fsp3) is 0.143. The van der Waals surface area contributed by atoms with Gasteiger partial charge in [0.1, 0.15) is 0 Å². The second kappa shape index (κ2) is 4.47. The maximum Gasteiger partial charge on any atom is 1.00 e. The molecule has 0 bridgehead atoms. The summed E-state index contributed by atoms with van der Waals surface area (Å²) in [6.45, 7) is 1.96. The number of aryl methyl sites for hydroxylation is 1. The van der Waals surface area contributed by atoms with Crippen LogP contribution in [0.25, 0.3) is 0 Å². The zero-order valence-corrected chi connectivity index (χ0v) is 8.84. The van der Waals surface area contributed by atoms with Gasteiger partial charge in [0, 0.05) is 0 Å². The van der Waals surface area contributed by atoms with E-state index in [0.29, 0.717) is 0 Å². The van der Waals surface area contributed by atoms with Gasteiger partial charge < -0.3 is 5.11 Å². The number of hydrogen-bond donors (Lipinski definition) is 0. The molecule has 1 nitrogen and oxygen atoms in total. The number of benzene rings is 1. The van der Waals surface area contributed by atoms with Crippen LogP contribution in [0.2, 0.25) is 0 Å². The van der Waals surface area contributed by atoms with Crippen LogP contribution in [0.1, 0.15) is 5.56 Å². The molecule has 0 aliphatic rings. The molecule has 0 fully saturated rings. The van der Waals surface area contributed by atoms with Crippen molar-refractivity contribution in [3.63, 3.8) is 0 Å². The molecule has 0 saturated carbocycles. The first-order valence-corrected chi connectivity index (χ1v) is 2.53. The van der Waals surface area contributed by atoms with Gasteiger partial charge in [0.2, 0.25) is 0 Å². The number of rotatable bonds is 0. The second-order valence-corrected chi connectivity index (χ2v) is 1.81. The Balaban J connectivity index is 0.000000640. The Morgan fingerprint density at radius 2 is 1.56 bits per heavy atom. The van der Waals surface area contributed by atoms with E-state index in [9.17, 15) is 5.11 Å². The van der Waals surface area contributed by atoms with Crippen LogP contribution in [0.3, 0.4) is 0 Å². The van der Waals surface area contributed by atoms with Gasteiger partial charge in [-0.3, -0.25) is 0 Å². The molecule has 0 aromatic heterocycles. The summed E-state index contributed by atoms with van der Waals surface area (Å²) in [5.74, 6) is 0.0793. The van der Waals surface area contributed by atoms with Crippen LogP contribution in [-0.4, -0.2) is 0 Å². The molecular weight excluding hydrogens is 139 g/mol. The Labute approximate surface area is 97.5 Å². The molecule has 0 heterocycles. The summed E-state index contributed by atoms with van der Waals surface area (Å²) >= 11 is 0. The van der Waals surface area contributed by atoms with Gasteiger partial charge in [0.15, 0.2) is 0 Å². The van der Waals surface area contributed by atoms with E-state index < -0.39 is 0 Å². The van der Waals surface area contributed by atoms with E-state index in [1.165, 1.54) is 0 Å². The summed E-state index contributed by atoms with van der Waals surface area (Å²) < 4.78 is 0. The van der Waals surface area contributed by atoms with Gasteiger partial charge in [-0.2, -0.15) is 0 Å². The van der Waals surface area contributed by atoms with Gasteiger partial charge in [-0.15, -0.1) is 5.75 Å². The van der Waals surface area contributed by atoms with Crippen LogP contribution >= 0.6 is 0 Å². The minimum absolute atomic E-state index is 0. The SMILES string of the molecule is Cc1ccc([O-])cc1.[K+]. The second-order valence-electron chi connectivity index (χ2n) is 1.81. The summed E-state index contributed by atoms with van der Waals surface area (Å²) in [7, 11) is 0. The van der Waals surface area contributed by atoms with Gasteiger partial charge in [-0.05, 0) is 6.92 Å². The minimum Gasteiger partial charge on any atom is -0.872 e. The van der Waals surface area contributed by atoms with Gasteiger partial charge in [-0.1, -0.05) is 29.8 Å². The minimum atomic E-state index is 0. The first kappa shape index (κ1) is 9.66. The van der Waals surface area contributed by atoms with E-state index in [1.54, 1.807) is 12.1 Å².